The topological polar surface area (TPSA) is 84.5 Å². The normalized spacial score (nSPS) is 12.5. The number of hydrogen-bond acceptors (Lipinski definition) is 4. The maximum absolute atomic E-state index is 12.2. The van der Waals surface area contributed by atoms with E-state index in [0.717, 1.165) is 11.1 Å². The van der Waals surface area contributed by atoms with Crippen molar-refractivity contribution in [3.8, 4) is 5.75 Å². The summed E-state index contributed by atoms with van der Waals surface area (Å²) in [6.07, 6.45) is -0.916. The second-order valence-electron chi connectivity index (χ2n) is 5.66. The molecule has 2 N–H and O–H groups in total. The summed E-state index contributed by atoms with van der Waals surface area (Å²) in [6, 6.07) is 9.33. The van der Waals surface area contributed by atoms with Gasteiger partial charge in [0, 0.05) is 10.0 Å². The van der Waals surface area contributed by atoms with Crippen LogP contribution in [0.15, 0.2) is 41.3 Å². The van der Waals surface area contributed by atoms with Gasteiger partial charge < -0.3 is 4.74 Å². The first-order chi connectivity index (χ1) is 12.1. The highest BCUT2D eigenvalue weighted by Gasteiger charge is 2.20. The first kappa shape index (κ1) is 20.5. The third-order valence-corrected chi connectivity index (χ3v) is 5.35. The Morgan fingerprint density at radius 3 is 2.35 bits per heavy atom. The largest absolute Gasteiger partial charge is 0.481 e. The third-order valence-electron chi connectivity index (χ3n) is 3.68. The third kappa shape index (κ3) is 5.11. The number of rotatable bonds is 6. The van der Waals surface area contributed by atoms with Gasteiger partial charge in [0.05, 0.1) is 4.90 Å². The average Bonchev–Trinajstić information content (AvgIpc) is 2.56. The number of halogens is 2. The molecule has 0 aliphatic rings. The average molecular weight is 417 g/mol. The summed E-state index contributed by atoms with van der Waals surface area (Å²) < 4.78 is 30.1. The van der Waals surface area contributed by atoms with Gasteiger partial charge in [-0.25, -0.2) is 8.42 Å². The first-order valence-corrected chi connectivity index (χ1v) is 9.84. The van der Waals surface area contributed by atoms with E-state index in [-0.39, 0.29) is 14.9 Å². The highest BCUT2D eigenvalue weighted by atomic mass is 35.5. The van der Waals surface area contributed by atoms with E-state index in [2.05, 4.69) is 5.43 Å². The lowest BCUT2D eigenvalue weighted by molar-refractivity contribution is -0.127. The predicted octanol–water partition coefficient (Wildman–Crippen LogP) is 3.39. The second-order valence-corrected chi connectivity index (χ2v) is 8.21. The van der Waals surface area contributed by atoms with Crippen molar-refractivity contribution in [1.82, 2.24) is 10.3 Å². The molecule has 0 aliphatic carbocycles. The predicted molar refractivity (Wildman–Crippen MR) is 101 cm³/mol. The molecule has 0 aliphatic heterocycles. The minimum atomic E-state index is -4.03. The molecule has 0 spiro atoms. The van der Waals surface area contributed by atoms with Gasteiger partial charge in [0.15, 0.2) is 6.10 Å². The van der Waals surface area contributed by atoms with Crippen molar-refractivity contribution in [3.05, 3.63) is 57.6 Å². The smallest absolute Gasteiger partial charge is 0.275 e. The maximum Gasteiger partial charge on any atom is 0.275 e. The Balaban J connectivity index is 2.04. The number of amides is 1. The molecule has 9 heteroatoms. The molecule has 2 aromatic carbocycles. The number of hydrazine groups is 1. The number of sulfonamides is 1. The highest BCUT2D eigenvalue weighted by Crippen LogP contribution is 2.23. The van der Waals surface area contributed by atoms with Crippen LogP contribution >= 0.6 is 23.2 Å². The Morgan fingerprint density at radius 1 is 1.12 bits per heavy atom. The van der Waals surface area contributed by atoms with E-state index in [0.29, 0.717) is 5.75 Å². The molecule has 2 aromatic rings. The van der Waals surface area contributed by atoms with Crippen LogP contribution in [-0.2, 0) is 14.8 Å². The summed E-state index contributed by atoms with van der Waals surface area (Å²) in [7, 11) is -4.03. The zero-order valence-electron chi connectivity index (χ0n) is 14.3. The Bertz CT molecular complexity index is 912. The molecule has 140 valence electrons. The van der Waals surface area contributed by atoms with Crippen LogP contribution in [0.3, 0.4) is 0 Å². The number of carbonyl (C=O) groups excluding carboxylic acids is 1. The van der Waals surface area contributed by atoms with E-state index < -0.39 is 22.0 Å². The molecular weight excluding hydrogens is 399 g/mol. The van der Waals surface area contributed by atoms with Crippen LogP contribution in [0.5, 0.6) is 5.75 Å². The molecule has 26 heavy (non-hydrogen) atoms. The minimum absolute atomic E-state index is 0.163. The van der Waals surface area contributed by atoms with Gasteiger partial charge in [0.1, 0.15) is 5.75 Å². The lowest BCUT2D eigenvalue weighted by Gasteiger charge is -2.17. The number of aryl methyl sites for hydroxylation is 1. The lowest BCUT2D eigenvalue weighted by atomic mass is 10.1. The Kier molecular flexibility index (Phi) is 6.52. The second kappa shape index (κ2) is 8.26. The van der Waals surface area contributed by atoms with Crippen molar-refractivity contribution in [2.45, 2.75) is 31.8 Å². The van der Waals surface area contributed by atoms with Crippen molar-refractivity contribution in [2.75, 3.05) is 0 Å². The van der Waals surface area contributed by atoms with Gasteiger partial charge in [-0.15, -0.1) is 4.83 Å². The molecule has 1 atom stereocenters. The van der Waals surface area contributed by atoms with Crippen LogP contribution in [0.2, 0.25) is 10.0 Å². The number of hydrogen-bond donors (Lipinski definition) is 2. The van der Waals surface area contributed by atoms with Crippen molar-refractivity contribution < 1.29 is 17.9 Å². The van der Waals surface area contributed by atoms with Crippen molar-refractivity contribution in [3.63, 3.8) is 0 Å². The zero-order chi connectivity index (χ0) is 19.5. The van der Waals surface area contributed by atoms with E-state index in [1.807, 2.05) is 30.8 Å². The van der Waals surface area contributed by atoms with Gasteiger partial charge in [-0.05, 0) is 56.2 Å². The molecule has 0 unspecified atom stereocenters. The number of carbonyl (C=O) groups is 1. The zero-order valence-corrected chi connectivity index (χ0v) is 16.7. The van der Waals surface area contributed by atoms with Gasteiger partial charge >= 0.3 is 0 Å². The Hall–Kier alpha value is -1.80. The lowest BCUT2D eigenvalue weighted by Crippen LogP contribution is -2.47. The fraction of sp³-hybridized carbons (Fsp3) is 0.235. The van der Waals surface area contributed by atoms with Crippen LogP contribution in [0.4, 0.5) is 0 Å². The van der Waals surface area contributed by atoms with Gasteiger partial charge in [-0.2, -0.15) is 0 Å². The van der Waals surface area contributed by atoms with Crippen molar-refractivity contribution in [1.29, 1.82) is 0 Å². The summed E-state index contributed by atoms with van der Waals surface area (Å²) in [6.45, 7) is 5.32. The molecular formula is C17H18Cl2N2O4S. The van der Waals surface area contributed by atoms with Gasteiger partial charge in [-0.3, -0.25) is 10.2 Å². The van der Waals surface area contributed by atoms with E-state index in [9.17, 15) is 13.2 Å². The summed E-state index contributed by atoms with van der Waals surface area (Å²) in [5.74, 6) is -0.0975. The molecule has 0 fully saturated rings. The van der Waals surface area contributed by atoms with E-state index in [1.165, 1.54) is 25.1 Å². The number of ether oxygens (including phenoxy) is 1. The SMILES string of the molecule is Cc1cccc(O[C@@H](C)C(=O)NNS(=O)(=O)c2cc(Cl)cc(Cl)c2)c1C. The Morgan fingerprint density at radius 2 is 1.73 bits per heavy atom. The summed E-state index contributed by atoms with van der Waals surface area (Å²) in [4.78, 5) is 14.0. The van der Waals surface area contributed by atoms with Crippen LogP contribution in [-0.4, -0.2) is 20.4 Å². The summed E-state index contributed by atoms with van der Waals surface area (Å²) >= 11 is 11.6. The molecule has 0 saturated carbocycles. The first-order valence-electron chi connectivity index (χ1n) is 7.61. The van der Waals surface area contributed by atoms with Crippen LogP contribution in [0.25, 0.3) is 0 Å². The molecule has 2 rings (SSSR count). The van der Waals surface area contributed by atoms with Crippen LogP contribution in [0, 0.1) is 13.8 Å². The van der Waals surface area contributed by atoms with E-state index in [1.54, 1.807) is 6.07 Å². The quantitative estimate of drug-likeness (QED) is 0.706. The molecule has 1 amide bonds. The summed E-state index contributed by atoms with van der Waals surface area (Å²) in [5, 5.41) is 0.326. The monoisotopic (exact) mass is 416 g/mol. The summed E-state index contributed by atoms with van der Waals surface area (Å²) in [5.41, 5.74) is 4.05. The van der Waals surface area contributed by atoms with Crippen LogP contribution < -0.4 is 15.0 Å². The van der Waals surface area contributed by atoms with Gasteiger partial charge in [-0.1, -0.05) is 35.3 Å². The molecule has 0 aromatic heterocycles. The van der Waals surface area contributed by atoms with Crippen LogP contribution in [0.1, 0.15) is 18.1 Å². The molecule has 0 saturated heterocycles. The van der Waals surface area contributed by atoms with Crippen molar-refractivity contribution >= 4 is 39.1 Å². The molecule has 0 heterocycles. The maximum atomic E-state index is 12.2. The standard InChI is InChI=1S/C17H18Cl2N2O4S/c1-10-5-4-6-16(11(10)2)25-12(3)17(22)20-21-26(23,24)15-8-13(18)7-14(19)9-15/h4-9,12,21H,1-3H3,(H,20,22)/t12-/m0/s1. The molecule has 6 nitrogen and oxygen atoms in total. The fourth-order valence-electron chi connectivity index (χ4n) is 2.06. The minimum Gasteiger partial charge on any atom is -0.481 e. The molecule has 0 radical (unpaired) electrons. The number of benzene rings is 2. The van der Waals surface area contributed by atoms with Crippen molar-refractivity contribution in [2.24, 2.45) is 0 Å². The number of nitrogens with one attached hydrogen (secondary N) is 2. The highest BCUT2D eigenvalue weighted by molar-refractivity contribution is 7.89. The fourth-order valence-corrected chi connectivity index (χ4v) is 3.63. The Labute approximate surface area is 162 Å². The van der Waals surface area contributed by atoms with Gasteiger partial charge in [0.2, 0.25) is 0 Å². The van der Waals surface area contributed by atoms with E-state index >= 15 is 0 Å². The van der Waals surface area contributed by atoms with Gasteiger partial charge in [0.25, 0.3) is 15.9 Å². The molecule has 0 bridgehead atoms. The van der Waals surface area contributed by atoms with E-state index in [4.69, 9.17) is 27.9 Å².